The van der Waals surface area contributed by atoms with Gasteiger partial charge in [-0.3, -0.25) is 9.97 Å². The second kappa shape index (κ2) is 13.9. The summed E-state index contributed by atoms with van der Waals surface area (Å²) in [7, 11) is 0. The van der Waals surface area contributed by atoms with Crippen molar-refractivity contribution in [3.05, 3.63) is 186 Å². The lowest BCUT2D eigenvalue weighted by atomic mass is 9.90. The number of hydrogen-bond donors (Lipinski definition) is 0. The molecule has 6 aromatic carbocycles. The molecule has 0 amide bonds. The highest BCUT2D eigenvalue weighted by atomic mass is 14.9. The first-order valence-electron chi connectivity index (χ1n) is 18.3. The van der Waals surface area contributed by atoms with E-state index in [9.17, 15) is 0 Å². The van der Waals surface area contributed by atoms with Crippen LogP contribution < -0.4 is 0 Å². The molecule has 0 fully saturated rings. The van der Waals surface area contributed by atoms with Crippen LogP contribution in [0.2, 0.25) is 0 Å². The van der Waals surface area contributed by atoms with Gasteiger partial charge < -0.3 is 0 Å². The van der Waals surface area contributed by atoms with E-state index >= 15 is 0 Å². The van der Waals surface area contributed by atoms with Crippen LogP contribution in [0.25, 0.3) is 60.3 Å². The smallest absolute Gasteiger partial charge is 0.160 e. The lowest BCUT2D eigenvalue weighted by Crippen LogP contribution is -2.08. The first-order valence-corrected chi connectivity index (χ1v) is 18.3. The minimum absolute atomic E-state index is 0.680. The van der Waals surface area contributed by atoms with Crippen molar-refractivity contribution in [3.63, 3.8) is 0 Å². The van der Waals surface area contributed by atoms with Crippen LogP contribution in [0.1, 0.15) is 47.1 Å². The van der Waals surface area contributed by atoms with Gasteiger partial charge >= 0.3 is 0 Å². The van der Waals surface area contributed by atoms with E-state index in [2.05, 4.69) is 133 Å². The molecular weight excluding hydrogens is 645 g/mol. The van der Waals surface area contributed by atoms with Gasteiger partial charge in [0.1, 0.15) is 0 Å². The number of hydrogen-bond acceptors (Lipinski definition) is 4. The van der Waals surface area contributed by atoms with Crippen molar-refractivity contribution in [2.45, 2.75) is 33.1 Å². The third-order valence-corrected chi connectivity index (χ3v) is 10.3. The molecule has 2 aromatic heterocycles. The summed E-state index contributed by atoms with van der Waals surface area (Å²) in [5.41, 5.74) is 12.3. The standard InChI is InChI=1S/C49H38N4/c1-32-11-18-40-44-29-33(2)12-19-41(44)46-31-38(17-20-42(46)45(40)30-32)34-13-15-35(16-14-34)39-7-3-4-8-43(39)48-10-6-5-9-47(36-21-25-50-26-22-36)52-49(53-48)37-23-27-51-28-24-37/h3-4,7-9,11-31H,5-6,10H2,1-2H3/b47-9-,52-49?,53-48?. The van der Waals surface area contributed by atoms with Crippen molar-refractivity contribution in [1.82, 2.24) is 9.97 Å². The monoisotopic (exact) mass is 682 g/mol. The van der Waals surface area contributed by atoms with Crippen molar-refractivity contribution in [1.29, 1.82) is 0 Å². The van der Waals surface area contributed by atoms with Gasteiger partial charge in [-0.15, -0.1) is 0 Å². The topological polar surface area (TPSA) is 50.5 Å². The number of rotatable bonds is 5. The number of pyridine rings is 2. The van der Waals surface area contributed by atoms with Gasteiger partial charge in [-0.2, -0.15) is 0 Å². The van der Waals surface area contributed by atoms with E-state index in [0.29, 0.717) is 5.84 Å². The molecular formula is C49H38N4. The third kappa shape index (κ3) is 6.34. The lowest BCUT2D eigenvalue weighted by molar-refractivity contribution is 0.896. The fourth-order valence-corrected chi connectivity index (χ4v) is 7.65. The number of aryl methyl sites for hydroxylation is 2. The zero-order valence-corrected chi connectivity index (χ0v) is 29.9. The Balaban J connectivity index is 1.11. The molecule has 0 radical (unpaired) electrons. The number of fused-ring (bicyclic) bond motifs is 6. The molecule has 4 nitrogen and oxygen atoms in total. The molecule has 0 saturated heterocycles. The summed E-state index contributed by atoms with van der Waals surface area (Å²) >= 11 is 0. The van der Waals surface area contributed by atoms with Crippen LogP contribution in [-0.4, -0.2) is 21.5 Å². The zero-order chi connectivity index (χ0) is 35.7. The zero-order valence-electron chi connectivity index (χ0n) is 29.9. The molecule has 0 aliphatic carbocycles. The Kier molecular flexibility index (Phi) is 8.49. The van der Waals surface area contributed by atoms with Crippen LogP contribution >= 0.6 is 0 Å². The molecule has 4 heteroatoms. The van der Waals surface area contributed by atoms with Crippen LogP contribution in [0.15, 0.2) is 168 Å². The quantitative estimate of drug-likeness (QED) is 0.170. The molecule has 53 heavy (non-hydrogen) atoms. The minimum Gasteiger partial charge on any atom is -0.265 e. The summed E-state index contributed by atoms with van der Waals surface area (Å²) in [4.78, 5) is 19.0. The maximum Gasteiger partial charge on any atom is 0.160 e. The average Bonchev–Trinajstić information content (AvgIpc) is 3.32. The van der Waals surface area contributed by atoms with Gasteiger partial charge in [-0.05, 0) is 118 Å². The molecule has 8 aromatic rings. The molecule has 0 N–H and O–H groups in total. The molecule has 9 rings (SSSR count). The Hall–Kier alpha value is -6.52. The van der Waals surface area contributed by atoms with E-state index in [1.807, 2.05) is 36.7 Å². The van der Waals surface area contributed by atoms with Crippen molar-refractivity contribution in [2.24, 2.45) is 9.98 Å². The fraction of sp³-hybridized carbons (Fsp3) is 0.102. The van der Waals surface area contributed by atoms with Gasteiger partial charge in [0.2, 0.25) is 0 Å². The summed E-state index contributed by atoms with van der Waals surface area (Å²) in [5, 5.41) is 7.81. The molecule has 1 aliphatic heterocycles. The Morgan fingerprint density at radius 3 is 1.64 bits per heavy atom. The normalized spacial score (nSPS) is 14.6. The van der Waals surface area contributed by atoms with Crippen LogP contribution in [0.5, 0.6) is 0 Å². The van der Waals surface area contributed by atoms with Crippen molar-refractivity contribution in [2.75, 3.05) is 0 Å². The van der Waals surface area contributed by atoms with Crippen molar-refractivity contribution < 1.29 is 0 Å². The largest absolute Gasteiger partial charge is 0.265 e. The molecule has 0 spiro atoms. The van der Waals surface area contributed by atoms with E-state index in [-0.39, 0.29) is 0 Å². The highest BCUT2D eigenvalue weighted by Crippen LogP contribution is 2.38. The van der Waals surface area contributed by atoms with Gasteiger partial charge in [-0.25, -0.2) is 9.98 Å². The SMILES string of the molecule is Cc1ccc2c(c1)c1ccc(C)cc1c1ccc(-c3ccc(-c4ccccc4C4=NC(c5ccncc5)=N/C(c5ccncc5)=C\CCC4)cc3)cc21. The van der Waals surface area contributed by atoms with Crippen LogP contribution in [0.4, 0.5) is 0 Å². The summed E-state index contributed by atoms with van der Waals surface area (Å²) in [6, 6.07) is 46.2. The Bertz CT molecular complexity index is 2700. The highest BCUT2D eigenvalue weighted by molar-refractivity contribution is 6.26. The maximum absolute atomic E-state index is 5.33. The maximum atomic E-state index is 5.33. The molecule has 0 saturated carbocycles. The average molecular weight is 683 g/mol. The molecule has 1 aliphatic rings. The summed E-state index contributed by atoms with van der Waals surface area (Å²) in [6.45, 7) is 4.35. The number of allylic oxidation sites excluding steroid dienone is 1. The predicted molar refractivity (Wildman–Crippen MR) is 223 cm³/mol. The van der Waals surface area contributed by atoms with Crippen LogP contribution in [0.3, 0.4) is 0 Å². The van der Waals surface area contributed by atoms with Gasteiger partial charge in [0.05, 0.1) is 11.4 Å². The predicted octanol–water partition coefficient (Wildman–Crippen LogP) is 12.3. The molecule has 0 atom stereocenters. The second-order valence-electron chi connectivity index (χ2n) is 13.9. The van der Waals surface area contributed by atoms with E-state index < -0.39 is 0 Å². The Morgan fingerprint density at radius 1 is 0.434 bits per heavy atom. The fourth-order valence-electron chi connectivity index (χ4n) is 7.65. The first kappa shape index (κ1) is 32.4. The number of nitrogens with zero attached hydrogens (tertiary/aromatic N) is 4. The summed E-state index contributed by atoms with van der Waals surface area (Å²) in [6.07, 6.45) is 12.1. The van der Waals surface area contributed by atoms with Gasteiger partial charge in [0.15, 0.2) is 5.84 Å². The van der Waals surface area contributed by atoms with Crippen molar-refractivity contribution >= 4 is 49.6 Å². The van der Waals surface area contributed by atoms with Crippen LogP contribution in [0, 0.1) is 13.8 Å². The minimum atomic E-state index is 0.680. The number of aromatic nitrogens is 2. The molecule has 3 heterocycles. The molecule has 254 valence electrons. The second-order valence-corrected chi connectivity index (χ2v) is 13.9. The lowest BCUT2D eigenvalue weighted by Gasteiger charge is -2.15. The Labute approximate surface area is 310 Å². The first-order chi connectivity index (χ1) is 26.1. The number of aliphatic imine (C=N–C) groups is 2. The van der Waals surface area contributed by atoms with Gasteiger partial charge in [0, 0.05) is 41.5 Å². The highest BCUT2D eigenvalue weighted by Gasteiger charge is 2.16. The van der Waals surface area contributed by atoms with Crippen LogP contribution in [-0.2, 0) is 0 Å². The summed E-state index contributed by atoms with van der Waals surface area (Å²) in [5.74, 6) is 0.680. The Morgan fingerprint density at radius 2 is 0.981 bits per heavy atom. The van der Waals surface area contributed by atoms with Crippen molar-refractivity contribution in [3.8, 4) is 22.3 Å². The van der Waals surface area contributed by atoms with E-state index in [0.717, 1.165) is 58.5 Å². The van der Waals surface area contributed by atoms with E-state index in [1.165, 1.54) is 54.6 Å². The molecule has 0 unspecified atom stereocenters. The van der Waals surface area contributed by atoms with E-state index in [4.69, 9.17) is 9.98 Å². The van der Waals surface area contributed by atoms with E-state index in [1.54, 1.807) is 12.4 Å². The summed E-state index contributed by atoms with van der Waals surface area (Å²) < 4.78 is 0. The van der Waals surface area contributed by atoms with Gasteiger partial charge in [0.25, 0.3) is 0 Å². The number of benzene rings is 6. The van der Waals surface area contributed by atoms with Gasteiger partial charge in [-0.1, -0.05) is 114 Å². The number of amidine groups is 1. The third-order valence-electron chi connectivity index (χ3n) is 10.3. The molecule has 0 bridgehead atoms.